The van der Waals surface area contributed by atoms with Gasteiger partial charge in [-0.3, -0.25) is 9.10 Å². The van der Waals surface area contributed by atoms with Crippen LogP contribution in [-0.2, 0) is 32.5 Å². The first kappa shape index (κ1) is 30.3. The van der Waals surface area contributed by atoms with Crippen LogP contribution in [0.15, 0.2) is 71.6 Å². The summed E-state index contributed by atoms with van der Waals surface area (Å²) in [6, 6.07) is 16.5. The van der Waals surface area contributed by atoms with Crippen molar-refractivity contribution < 1.29 is 27.1 Å². The maximum Gasteiger partial charge on any atom is 0.326 e. The molecule has 0 unspecified atom stereocenters. The number of carbonyl (C=O) groups excluding carboxylic acids is 1. The van der Waals surface area contributed by atoms with Crippen molar-refractivity contribution in [3.63, 3.8) is 0 Å². The van der Waals surface area contributed by atoms with E-state index < -0.39 is 27.4 Å². The van der Waals surface area contributed by atoms with Gasteiger partial charge in [0.1, 0.15) is 36.1 Å². The Morgan fingerprint density at radius 1 is 1.05 bits per heavy atom. The van der Waals surface area contributed by atoms with E-state index in [0.29, 0.717) is 39.7 Å². The van der Waals surface area contributed by atoms with Crippen molar-refractivity contribution >= 4 is 44.3 Å². The Labute approximate surface area is 244 Å². The quantitative estimate of drug-likeness (QED) is 0.185. The Balaban J connectivity index is 1.70. The third kappa shape index (κ3) is 7.56. The summed E-state index contributed by atoms with van der Waals surface area (Å²) in [5, 5.41) is 0.555. The highest BCUT2D eigenvalue weighted by molar-refractivity contribution is 7.92. The van der Waals surface area contributed by atoms with Gasteiger partial charge in [0, 0.05) is 11.4 Å². The number of benzene rings is 3. The van der Waals surface area contributed by atoms with Crippen molar-refractivity contribution in [1.82, 2.24) is 9.55 Å². The van der Waals surface area contributed by atoms with E-state index in [2.05, 4.69) is 0 Å². The lowest BCUT2D eigenvalue weighted by Gasteiger charge is -2.25. The fourth-order valence-corrected chi connectivity index (χ4v) is 5.88. The van der Waals surface area contributed by atoms with Crippen LogP contribution in [0.3, 0.4) is 0 Å². The highest BCUT2D eigenvalue weighted by Gasteiger charge is 2.27. The van der Waals surface area contributed by atoms with Gasteiger partial charge in [0.15, 0.2) is 0 Å². The van der Waals surface area contributed by atoms with Crippen LogP contribution in [0.2, 0.25) is 5.02 Å². The molecule has 0 atom stereocenters. The maximum atomic E-state index is 13.8. The fourth-order valence-electron chi connectivity index (χ4n) is 4.32. The van der Waals surface area contributed by atoms with Gasteiger partial charge in [-0.1, -0.05) is 18.5 Å². The van der Waals surface area contributed by atoms with Crippen LogP contribution < -0.4 is 9.04 Å². The smallest absolute Gasteiger partial charge is 0.326 e. The first-order valence-corrected chi connectivity index (χ1v) is 15.1. The predicted molar refractivity (Wildman–Crippen MR) is 157 cm³/mol. The van der Waals surface area contributed by atoms with Gasteiger partial charge in [0.05, 0.1) is 28.2 Å². The van der Waals surface area contributed by atoms with Crippen LogP contribution in [0.1, 0.15) is 39.9 Å². The van der Waals surface area contributed by atoms with Gasteiger partial charge in [0.25, 0.3) is 10.0 Å². The number of ether oxygens (including phenoxy) is 2. The minimum absolute atomic E-state index is 0.0189. The SMILES string of the molecule is CCCc1nc2cc(N(CCOc3ccc(Cl)cc3)S(=O)(=O)c3ccc(F)cc3)ccc2n1CC(=O)OC(C)(C)C. The number of rotatable bonds is 11. The fraction of sp³-hybridized carbons (Fsp3) is 0.333. The summed E-state index contributed by atoms with van der Waals surface area (Å²) >= 11 is 5.95. The second kappa shape index (κ2) is 12.5. The van der Waals surface area contributed by atoms with Crippen LogP contribution in [0.25, 0.3) is 11.0 Å². The number of aromatic nitrogens is 2. The molecule has 11 heteroatoms. The largest absolute Gasteiger partial charge is 0.492 e. The molecule has 0 spiro atoms. The average Bonchev–Trinajstić information content (AvgIpc) is 3.22. The van der Waals surface area contributed by atoms with E-state index in [0.717, 1.165) is 18.6 Å². The number of aryl methyl sites for hydroxylation is 1. The van der Waals surface area contributed by atoms with E-state index in [1.165, 1.54) is 16.4 Å². The number of carbonyl (C=O) groups is 1. The number of halogens is 2. The monoisotopic (exact) mass is 601 g/mol. The van der Waals surface area contributed by atoms with Gasteiger partial charge in [0.2, 0.25) is 0 Å². The van der Waals surface area contributed by atoms with E-state index in [-0.39, 0.29) is 24.6 Å². The van der Waals surface area contributed by atoms with Crippen molar-refractivity contribution in [2.45, 2.75) is 57.6 Å². The summed E-state index contributed by atoms with van der Waals surface area (Å²) in [5.74, 6) is 0.304. The van der Waals surface area contributed by atoms with Gasteiger partial charge in [-0.25, -0.2) is 17.8 Å². The lowest BCUT2D eigenvalue weighted by molar-refractivity contribution is -0.155. The van der Waals surface area contributed by atoms with Crippen LogP contribution in [0.5, 0.6) is 5.75 Å². The van der Waals surface area contributed by atoms with E-state index in [1.807, 2.05) is 27.7 Å². The van der Waals surface area contributed by atoms with Crippen LogP contribution in [-0.4, -0.2) is 42.7 Å². The Morgan fingerprint density at radius 3 is 2.37 bits per heavy atom. The first-order chi connectivity index (χ1) is 19.4. The molecule has 0 aliphatic carbocycles. The van der Waals surface area contributed by atoms with Crippen molar-refractivity contribution in [2.75, 3.05) is 17.5 Å². The van der Waals surface area contributed by atoms with Gasteiger partial charge < -0.3 is 14.0 Å². The van der Waals surface area contributed by atoms with E-state index in [9.17, 15) is 17.6 Å². The third-order valence-electron chi connectivity index (χ3n) is 6.06. The summed E-state index contributed by atoms with van der Waals surface area (Å²) in [4.78, 5) is 17.3. The molecule has 0 aliphatic rings. The normalized spacial score (nSPS) is 12.0. The van der Waals surface area contributed by atoms with Gasteiger partial charge in [-0.2, -0.15) is 0 Å². The molecule has 0 bridgehead atoms. The van der Waals surface area contributed by atoms with Gasteiger partial charge in [-0.15, -0.1) is 0 Å². The standard InChI is InChI=1S/C30H33ClFN3O5S/c1-5-6-28-33-26-19-23(11-16-27(26)34(28)20-29(36)40-30(2,3)4)35(17-18-39-24-12-7-21(31)8-13-24)41(37,38)25-14-9-22(32)10-15-25/h7-16,19H,5-6,17-18,20H2,1-4H3. The van der Waals surface area contributed by atoms with Crippen molar-refractivity contribution in [1.29, 1.82) is 0 Å². The lowest BCUT2D eigenvalue weighted by atomic mass is 10.2. The second-order valence-electron chi connectivity index (χ2n) is 10.5. The van der Waals surface area contributed by atoms with E-state index >= 15 is 0 Å². The van der Waals surface area contributed by atoms with E-state index in [4.69, 9.17) is 26.1 Å². The number of hydrogen-bond donors (Lipinski definition) is 0. The number of hydrogen-bond acceptors (Lipinski definition) is 6. The summed E-state index contributed by atoms with van der Waals surface area (Å²) in [7, 11) is -4.10. The summed E-state index contributed by atoms with van der Waals surface area (Å²) in [5.41, 5.74) is 0.938. The third-order valence-corrected chi connectivity index (χ3v) is 8.15. The zero-order chi connectivity index (χ0) is 29.8. The van der Waals surface area contributed by atoms with E-state index in [1.54, 1.807) is 47.0 Å². The molecular weight excluding hydrogens is 569 g/mol. The van der Waals surface area contributed by atoms with Crippen molar-refractivity contribution in [3.05, 3.63) is 83.4 Å². The Morgan fingerprint density at radius 2 is 1.73 bits per heavy atom. The minimum atomic E-state index is -4.10. The summed E-state index contributed by atoms with van der Waals surface area (Å²) in [6.07, 6.45) is 1.43. The molecule has 0 N–H and O–H groups in total. The van der Waals surface area contributed by atoms with Crippen molar-refractivity contribution in [3.8, 4) is 5.75 Å². The highest BCUT2D eigenvalue weighted by Crippen LogP contribution is 2.29. The molecule has 1 aromatic heterocycles. The zero-order valence-electron chi connectivity index (χ0n) is 23.4. The molecule has 8 nitrogen and oxygen atoms in total. The Bertz CT molecular complexity index is 1620. The van der Waals surface area contributed by atoms with Crippen LogP contribution in [0, 0.1) is 5.82 Å². The first-order valence-electron chi connectivity index (χ1n) is 13.2. The summed E-state index contributed by atoms with van der Waals surface area (Å²) in [6.45, 7) is 7.42. The Hall–Kier alpha value is -3.63. The molecule has 0 fully saturated rings. The molecule has 0 saturated carbocycles. The van der Waals surface area contributed by atoms with Crippen molar-refractivity contribution in [2.24, 2.45) is 0 Å². The number of fused-ring (bicyclic) bond motifs is 1. The molecule has 0 saturated heterocycles. The average molecular weight is 602 g/mol. The number of sulfonamides is 1. The zero-order valence-corrected chi connectivity index (χ0v) is 25.0. The predicted octanol–water partition coefficient (Wildman–Crippen LogP) is 6.40. The molecule has 0 amide bonds. The summed E-state index contributed by atoms with van der Waals surface area (Å²) < 4.78 is 55.5. The topological polar surface area (TPSA) is 90.7 Å². The second-order valence-corrected chi connectivity index (χ2v) is 12.8. The molecular formula is C30H33ClFN3O5S. The molecule has 4 rings (SSSR count). The van der Waals surface area contributed by atoms with Crippen LogP contribution in [0.4, 0.5) is 10.1 Å². The minimum Gasteiger partial charge on any atom is -0.492 e. The molecule has 3 aromatic carbocycles. The van der Waals surface area contributed by atoms with Crippen LogP contribution >= 0.6 is 11.6 Å². The molecule has 0 radical (unpaired) electrons. The maximum absolute atomic E-state index is 13.8. The molecule has 0 aliphatic heterocycles. The Kier molecular flexibility index (Phi) is 9.24. The lowest BCUT2D eigenvalue weighted by Crippen LogP contribution is -2.34. The molecule has 41 heavy (non-hydrogen) atoms. The number of imidazole rings is 1. The van der Waals surface area contributed by atoms with Gasteiger partial charge in [-0.05, 0) is 93.9 Å². The number of nitrogens with zero attached hydrogens (tertiary/aromatic N) is 3. The molecule has 218 valence electrons. The number of esters is 1. The molecule has 1 heterocycles. The molecule has 4 aromatic rings. The number of anilines is 1. The van der Waals surface area contributed by atoms with Gasteiger partial charge >= 0.3 is 5.97 Å². The highest BCUT2D eigenvalue weighted by atomic mass is 35.5.